The number of carbonyl (C=O) groups excluding carboxylic acids is 2. The van der Waals surface area contributed by atoms with Crippen molar-refractivity contribution in [2.24, 2.45) is 5.73 Å². The molecule has 0 saturated heterocycles. The van der Waals surface area contributed by atoms with E-state index in [1.165, 1.54) is 0 Å². The Labute approximate surface area is 88.5 Å². The quantitative estimate of drug-likeness (QED) is 0.688. The molecule has 15 heavy (non-hydrogen) atoms. The van der Waals surface area contributed by atoms with E-state index in [2.05, 4.69) is 5.32 Å². The molecular formula is C11H14N2O2. The first kappa shape index (κ1) is 11.4. The molecule has 0 aliphatic rings. The van der Waals surface area contributed by atoms with Gasteiger partial charge in [0.15, 0.2) is 0 Å². The SMILES string of the molecule is Cc1ccc(CNC(=O)C(=O)CN)cc1. The molecule has 0 aromatic heterocycles. The van der Waals surface area contributed by atoms with Crippen molar-refractivity contribution in [2.75, 3.05) is 6.54 Å². The zero-order valence-corrected chi connectivity index (χ0v) is 8.62. The van der Waals surface area contributed by atoms with Crippen molar-refractivity contribution in [1.29, 1.82) is 0 Å². The van der Waals surface area contributed by atoms with E-state index in [4.69, 9.17) is 5.73 Å². The topological polar surface area (TPSA) is 72.2 Å². The first-order valence-electron chi connectivity index (χ1n) is 4.70. The Bertz CT molecular complexity index is 357. The van der Waals surface area contributed by atoms with Gasteiger partial charge in [-0.1, -0.05) is 29.8 Å². The third-order valence-electron chi connectivity index (χ3n) is 2.01. The number of Topliss-reactive ketones (excluding diaryl/α,β-unsaturated/α-hetero) is 1. The van der Waals surface area contributed by atoms with Crippen molar-refractivity contribution in [3.63, 3.8) is 0 Å². The highest BCUT2D eigenvalue weighted by molar-refractivity contribution is 6.36. The third-order valence-corrected chi connectivity index (χ3v) is 2.01. The summed E-state index contributed by atoms with van der Waals surface area (Å²) in [4.78, 5) is 21.9. The van der Waals surface area contributed by atoms with Crippen molar-refractivity contribution in [2.45, 2.75) is 13.5 Å². The Morgan fingerprint density at radius 3 is 2.40 bits per heavy atom. The van der Waals surface area contributed by atoms with Crippen LogP contribution in [0, 0.1) is 6.92 Å². The molecule has 0 aliphatic carbocycles. The van der Waals surface area contributed by atoms with Gasteiger partial charge in [0.2, 0.25) is 5.78 Å². The summed E-state index contributed by atoms with van der Waals surface area (Å²) in [5, 5.41) is 2.50. The van der Waals surface area contributed by atoms with Crippen LogP contribution in [-0.2, 0) is 16.1 Å². The summed E-state index contributed by atoms with van der Waals surface area (Å²) in [6, 6.07) is 7.71. The number of nitrogens with two attached hydrogens (primary N) is 1. The molecule has 1 amide bonds. The molecule has 0 saturated carbocycles. The average Bonchev–Trinajstić information content (AvgIpc) is 2.26. The minimum absolute atomic E-state index is 0.250. The number of rotatable bonds is 4. The maximum Gasteiger partial charge on any atom is 0.289 e. The van der Waals surface area contributed by atoms with Gasteiger partial charge in [0, 0.05) is 6.54 Å². The summed E-state index contributed by atoms with van der Waals surface area (Å²) in [6.07, 6.45) is 0. The zero-order valence-electron chi connectivity index (χ0n) is 8.62. The van der Waals surface area contributed by atoms with Crippen molar-refractivity contribution < 1.29 is 9.59 Å². The van der Waals surface area contributed by atoms with Gasteiger partial charge in [0.25, 0.3) is 5.91 Å². The largest absolute Gasteiger partial charge is 0.345 e. The molecule has 1 aromatic rings. The third kappa shape index (κ3) is 3.52. The first-order chi connectivity index (χ1) is 7.13. The fourth-order valence-electron chi connectivity index (χ4n) is 1.08. The monoisotopic (exact) mass is 206 g/mol. The number of aryl methyl sites for hydroxylation is 1. The molecule has 0 radical (unpaired) electrons. The maximum atomic E-state index is 11.1. The fraction of sp³-hybridized carbons (Fsp3) is 0.273. The van der Waals surface area contributed by atoms with Crippen LogP contribution in [-0.4, -0.2) is 18.2 Å². The van der Waals surface area contributed by atoms with Gasteiger partial charge >= 0.3 is 0 Å². The molecule has 3 N–H and O–H groups in total. The van der Waals surface area contributed by atoms with E-state index < -0.39 is 11.7 Å². The van der Waals surface area contributed by atoms with Gasteiger partial charge in [-0.3, -0.25) is 9.59 Å². The minimum Gasteiger partial charge on any atom is -0.345 e. The summed E-state index contributed by atoms with van der Waals surface area (Å²) in [5.41, 5.74) is 7.16. The molecule has 1 rings (SSSR count). The molecule has 80 valence electrons. The number of ketones is 1. The maximum absolute atomic E-state index is 11.1. The molecule has 1 aromatic carbocycles. The van der Waals surface area contributed by atoms with Crippen LogP contribution >= 0.6 is 0 Å². The van der Waals surface area contributed by atoms with E-state index in [-0.39, 0.29) is 6.54 Å². The van der Waals surface area contributed by atoms with Crippen LogP contribution in [0.2, 0.25) is 0 Å². The van der Waals surface area contributed by atoms with Gasteiger partial charge in [-0.25, -0.2) is 0 Å². The molecule has 4 heteroatoms. The summed E-state index contributed by atoms with van der Waals surface area (Å²) in [6.45, 7) is 2.09. The minimum atomic E-state index is -0.627. The summed E-state index contributed by atoms with van der Waals surface area (Å²) >= 11 is 0. The van der Waals surface area contributed by atoms with E-state index in [0.29, 0.717) is 6.54 Å². The van der Waals surface area contributed by atoms with Gasteiger partial charge < -0.3 is 11.1 Å². The van der Waals surface area contributed by atoms with Crippen molar-refractivity contribution in [1.82, 2.24) is 5.32 Å². The number of benzene rings is 1. The smallest absolute Gasteiger partial charge is 0.289 e. The van der Waals surface area contributed by atoms with Crippen LogP contribution in [0.15, 0.2) is 24.3 Å². The highest BCUT2D eigenvalue weighted by Gasteiger charge is 2.09. The Balaban J connectivity index is 2.47. The van der Waals surface area contributed by atoms with E-state index in [9.17, 15) is 9.59 Å². The normalized spacial score (nSPS) is 9.73. The summed E-state index contributed by atoms with van der Waals surface area (Å²) < 4.78 is 0. The number of hydrogen-bond acceptors (Lipinski definition) is 3. The molecule has 0 bridgehead atoms. The Morgan fingerprint density at radius 2 is 1.87 bits per heavy atom. The predicted molar refractivity (Wildman–Crippen MR) is 57.1 cm³/mol. The highest BCUT2D eigenvalue weighted by atomic mass is 16.2. The van der Waals surface area contributed by atoms with E-state index in [1.807, 2.05) is 31.2 Å². The molecule has 0 heterocycles. The summed E-state index contributed by atoms with van der Waals surface area (Å²) in [5.74, 6) is -1.22. The second-order valence-electron chi connectivity index (χ2n) is 3.30. The van der Waals surface area contributed by atoms with Crippen LogP contribution in [0.5, 0.6) is 0 Å². The van der Waals surface area contributed by atoms with Crippen molar-refractivity contribution in [3.05, 3.63) is 35.4 Å². The standard InChI is InChI=1S/C11H14N2O2/c1-8-2-4-9(5-3-8)7-13-11(15)10(14)6-12/h2-5H,6-7,12H2,1H3,(H,13,15). The van der Waals surface area contributed by atoms with E-state index in [1.54, 1.807) is 0 Å². The lowest BCUT2D eigenvalue weighted by molar-refractivity contribution is -0.137. The van der Waals surface area contributed by atoms with Crippen LogP contribution in [0.4, 0.5) is 0 Å². The molecular weight excluding hydrogens is 192 g/mol. The molecule has 0 aliphatic heterocycles. The lowest BCUT2D eigenvalue weighted by Gasteiger charge is -2.03. The number of carbonyl (C=O) groups is 2. The van der Waals surface area contributed by atoms with E-state index in [0.717, 1.165) is 11.1 Å². The molecule has 0 atom stereocenters. The number of nitrogens with one attached hydrogen (secondary N) is 1. The predicted octanol–water partition coefficient (Wildman–Crippen LogP) is 0.139. The van der Waals surface area contributed by atoms with Gasteiger partial charge in [0.1, 0.15) is 0 Å². The van der Waals surface area contributed by atoms with Crippen LogP contribution < -0.4 is 11.1 Å². The Hall–Kier alpha value is -1.68. The molecule has 0 spiro atoms. The van der Waals surface area contributed by atoms with E-state index >= 15 is 0 Å². The Kier molecular flexibility index (Phi) is 4.00. The Morgan fingerprint density at radius 1 is 1.27 bits per heavy atom. The number of hydrogen-bond donors (Lipinski definition) is 2. The second kappa shape index (κ2) is 5.26. The molecule has 0 fully saturated rings. The molecule has 0 unspecified atom stereocenters. The zero-order chi connectivity index (χ0) is 11.3. The van der Waals surface area contributed by atoms with Gasteiger partial charge in [0.05, 0.1) is 6.54 Å². The lowest BCUT2D eigenvalue weighted by Crippen LogP contribution is -2.34. The van der Waals surface area contributed by atoms with Crippen LogP contribution in [0.25, 0.3) is 0 Å². The first-order valence-corrected chi connectivity index (χ1v) is 4.70. The lowest BCUT2D eigenvalue weighted by atomic mass is 10.1. The van der Waals surface area contributed by atoms with Crippen molar-refractivity contribution >= 4 is 11.7 Å². The average molecular weight is 206 g/mol. The highest BCUT2D eigenvalue weighted by Crippen LogP contribution is 2.02. The fourth-order valence-corrected chi connectivity index (χ4v) is 1.08. The van der Waals surface area contributed by atoms with Crippen LogP contribution in [0.1, 0.15) is 11.1 Å². The van der Waals surface area contributed by atoms with Gasteiger partial charge in [-0.15, -0.1) is 0 Å². The van der Waals surface area contributed by atoms with Gasteiger partial charge in [-0.05, 0) is 12.5 Å². The number of amides is 1. The van der Waals surface area contributed by atoms with Gasteiger partial charge in [-0.2, -0.15) is 0 Å². The van der Waals surface area contributed by atoms with Crippen molar-refractivity contribution in [3.8, 4) is 0 Å². The molecule has 4 nitrogen and oxygen atoms in total. The summed E-state index contributed by atoms with van der Waals surface area (Å²) in [7, 11) is 0. The van der Waals surface area contributed by atoms with Crippen LogP contribution in [0.3, 0.4) is 0 Å². The second-order valence-corrected chi connectivity index (χ2v) is 3.30.